The number of rotatable bonds is 5. The van der Waals surface area contributed by atoms with Crippen LogP contribution in [0.15, 0.2) is 41.6 Å². The Bertz CT molecular complexity index is 611. The van der Waals surface area contributed by atoms with Gasteiger partial charge in [-0.3, -0.25) is 4.68 Å². The van der Waals surface area contributed by atoms with E-state index in [0.717, 1.165) is 21.9 Å². The van der Waals surface area contributed by atoms with E-state index in [4.69, 9.17) is 0 Å². The molecule has 0 bridgehead atoms. The summed E-state index contributed by atoms with van der Waals surface area (Å²) >= 11 is 1.75. The van der Waals surface area contributed by atoms with Crippen molar-refractivity contribution in [3.8, 4) is 0 Å². The third kappa shape index (κ3) is 4.53. The third-order valence-corrected chi connectivity index (χ3v) is 3.85. The number of urea groups is 1. The number of hydrogen-bond acceptors (Lipinski definition) is 3. The Morgan fingerprint density at radius 1 is 1.48 bits per heavy atom. The molecule has 0 spiro atoms. The zero-order chi connectivity index (χ0) is 15.2. The van der Waals surface area contributed by atoms with Crippen LogP contribution in [0.1, 0.15) is 25.5 Å². The number of anilines is 1. The molecule has 5 nitrogen and oxygen atoms in total. The van der Waals surface area contributed by atoms with E-state index in [1.165, 1.54) is 0 Å². The summed E-state index contributed by atoms with van der Waals surface area (Å²) in [7, 11) is 1.85. The van der Waals surface area contributed by atoms with Crippen LogP contribution >= 0.6 is 11.8 Å². The van der Waals surface area contributed by atoms with E-state index < -0.39 is 0 Å². The molecule has 1 aromatic carbocycles. The number of hydrogen-bond donors (Lipinski definition) is 2. The van der Waals surface area contributed by atoms with Crippen molar-refractivity contribution in [3.63, 3.8) is 0 Å². The minimum Gasteiger partial charge on any atom is -0.331 e. The fourth-order valence-corrected chi connectivity index (χ4v) is 2.66. The Labute approximate surface area is 129 Å². The van der Waals surface area contributed by atoms with Gasteiger partial charge in [-0.05, 0) is 30.9 Å². The molecule has 1 atom stereocenters. The van der Waals surface area contributed by atoms with E-state index in [0.29, 0.717) is 0 Å². The number of amides is 2. The van der Waals surface area contributed by atoms with Crippen molar-refractivity contribution in [2.45, 2.75) is 24.8 Å². The van der Waals surface area contributed by atoms with Crippen molar-refractivity contribution < 1.29 is 4.79 Å². The molecule has 0 saturated heterocycles. The highest BCUT2D eigenvalue weighted by molar-refractivity contribution is 7.99. The molecule has 0 aliphatic heterocycles. The average molecular weight is 304 g/mol. The molecule has 2 rings (SSSR count). The number of nitrogens with zero attached hydrogens (tertiary/aromatic N) is 2. The molecule has 6 heteroatoms. The predicted molar refractivity (Wildman–Crippen MR) is 86.6 cm³/mol. The Hall–Kier alpha value is -1.95. The van der Waals surface area contributed by atoms with Gasteiger partial charge in [-0.15, -0.1) is 11.8 Å². The Balaban J connectivity index is 1.93. The van der Waals surface area contributed by atoms with Gasteiger partial charge in [0.15, 0.2) is 0 Å². The van der Waals surface area contributed by atoms with Gasteiger partial charge in [0.05, 0.1) is 12.2 Å². The predicted octanol–water partition coefficient (Wildman–Crippen LogP) is 3.41. The number of aromatic nitrogens is 2. The quantitative estimate of drug-likeness (QED) is 0.832. The summed E-state index contributed by atoms with van der Waals surface area (Å²) in [5, 5.41) is 9.86. The van der Waals surface area contributed by atoms with Crippen molar-refractivity contribution >= 4 is 23.5 Å². The standard InChI is InChI=1S/C15H20N4OS/c1-4-21-14-7-5-6-13(8-14)18-15(20)17-11(2)12-9-16-19(3)10-12/h5-11H,4H2,1-3H3,(H2,17,18,20)/t11-/m1/s1. The Kier molecular flexibility index (Phi) is 5.27. The fraction of sp³-hybridized carbons (Fsp3) is 0.333. The van der Waals surface area contributed by atoms with E-state index in [2.05, 4.69) is 22.7 Å². The second kappa shape index (κ2) is 7.17. The molecule has 2 aromatic rings. The van der Waals surface area contributed by atoms with Crippen molar-refractivity contribution in [2.24, 2.45) is 7.05 Å². The normalized spacial score (nSPS) is 12.0. The third-order valence-electron chi connectivity index (χ3n) is 2.98. The Morgan fingerprint density at radius 3 is 2.95 bits per heavy atom. The van der Waals surface area contributed by atoms with E-state index >= 15 is 0 Å². The molecule has 0 aliphatic rings. The fourth-order valence-electron chi connectivity index (χ4n) is 1.94. The lowest BCUT2D eigenvalue weighted by molar-refractivity contribution is 0.249. The van der Waals surface area contributed by atoms with Gasteiger partial charge in [-0.1, -0.05) is 13.0 Å². The first-order valence-corrected chi connectivity index (χ1v) is 7.86. The summed E-state index contributed by atoms with van der Waals surface area (Å²) in [5.74, 6) is 1.01. The van der Waals surface area contributed by atoms with Gasteiger partial charge < -0.3 is 10.6 Å². The maximum Gasteiger partial charge on any atom is 0.319 e. The second-order valence-corrected chi connectivity index (χ2v) is 6.07. The number of benzene rings is 1. The number of carbonyl (C=O) groups is 1. The highest BCUT2D eigenvalue weighted by Crippen LogP contribution is 2.21. The maximum absolute atomic E-state index is 12.0. The number of nitrogens with one attached hydrogen (secondary N) is 2. The molecule has 2 amide bonds. The minimum absolute atomic E-state index is 0.0908. The zero-order valence-electron chi connectivity index (χ0n) is 12.5. The average Bonchev–Trinajstić information content (AvgIpc) is 2.86. The summed E-state index contributed by atoms with van der Waals surface area (Å²) in [4.78, 5) is 13.2. The highest BCUT2D eigenvalue weighted by Gasteiger charge is 2.11. The van der Waals surface area contributed by atoms with Gasteiger partial charge in [0.2, 0.25) is 0 Å². The van der Waals surface area contributed by atoms with Gasteiger partial charge in [0.25, 0.3) is 0 Å². The SMILES string of the molecule is CCSc1cccc(NC(=O)N[C@H](C)c2cnn(C)c2)c1. The smallest absolute Gasteiger partial charge is 0.319 e. The van der Waals surface area contributed by atoms with E-state index in [1.807, 2.05) is 44.4 Å². The van der Waals surface area contributed by atoms with Crippen molar-refractivity contribution in [3.05, 3.63) is 42.2 Å². The lowest BCUT2D eigenvalue weighted by atomic mass is 10.2. The maximum atomic E-state index is 12.0. The Morgan fingerprint density at radius 2 is 2.29 bits per heavy atom. The number of thioether (sulfide) groups is 1. The van der Waals surface area contributed by atoms with Gasteiger partial charge in [0, 0.05) is 29.4 Å². The molecule has 0 saturated carbocycles. The van der Waals surface area contributed by atoms with E-state index in [-0.39, 0.29) is 12.1 Å². The van der Waals surface area contributed by atoms with Crippen molar-refractivity contribution in [1.29, 1.82) is 0 Å². The molecule has 0 aliphatic carbocycles. The van der Waals surface area contributed by atoms with Crippen LogP contribution in [0.4, 0.5) is 10.5 Å². The lowest BCUT2D eigenvalue weighted by Gasteiger charge is -2.13. The number of aryl methyl sites for hydroxylation is 1. The largest absolute Gasteiger partial charge is 0.331 e. The van der Waals surface area contributed by atoms with E-state index in [9.17, 15) is 4.79 Å². The van der Waals surface area contributed by atoms with Crippen LogP contribution in [0, 0.1) is 0 Å². The van der Waals surface area contributed by atoms with Crippen LogP contribution in [0.3, 0.4) is 0 Å². The molecule has 21 heavy (non-hydrogen) atoms. The van der Waals surface area contributed by atoms with Gasteiger partial charge in [-0.2, -0.15) is 5.10 Å². The lowest BCUT2D eigenvalue weighted by Crippen LogP contribution is -2.31. The molecular weight excluding hydrogens is 284 g/mol. The summed E-state index contributed by atoms with van der Waals surface area (Å²) in [6, 6.07) is 7.53. The van der Waals surface area contributed by atoms with Gasteiger partial charge in [-0.25, -0.2) is 4.79 Å². The van der Waals surface area contributed by atoms with Crippen LogP contribution in [-0.4, -0.2) is 21.6 Å². The molecule has 1 aromatic heterocycles. The van der Waals surface area contributed by atoms with Crippen molar-refractivity contribution in [2.75, 3.05) is 11.1 Å². The van der Waals surface area contributed by atoms with Crippen LogP contribution in [0.25, 0.3) is 0 Å². The summed E-state index contributed by atoms with van der Waals surface area (Å²) < 4.78 is 1.72. The van der Waals surface area contributed by atoms with Crippen LogP contribution in [0.5, 0.6) is 0 Å². The molecule has 0 fully saturated rings. The van der Waals surface area contributed by atoms with Crippen molar-refractivity contribution in [1.82, 2.24) is 15.1 Å². The second-order valence-electron chi connectivity index (χ2n) is 4.73. The van der Waals surface area contributed by atoms with Crippen LogP contribution in [-0.2, 0) is 7.05 Å². The van der Waals surface area contributed by atoms with Gasteiger partial charge >= 0.3 is 6.03 Å². The topological polar surface area (TPSA) is 59.0 Å². The molecule has 0 radical (unpaired) electrons. The number of carbonyl (C=O) groups excluding carboxylic acids is 1. The minimum atomic E-state index is -0.218. The first-order valence-electron chi connectivity index (χ1n) is 6.87. The molecular formula is C15H20N4OS. The summed E-state index contributed by atoms with van der Waals surface area (Å²) in [6.07, 6.45) is 3.65. The summed E-state index contributed by atoms with van der Waals surface area (Å²) in [6.45, 7) is 4.03. The van der Waals surface area contributed by atoms with E-state index in [1.54, 1.807) is 22.6 Å². The zero-order valence-corrected chi connectivity index (χ0v) is 13.3. The van der Waals surface area contributed by atoms with Crippen LogP contribution in [0.2, 0.25) is 0 Å². The summed E-state index contributed by atoms with van der Waals surface area (Å²) in [5.41, 5.74) is 1.77. The highest BCUT2D eigenvalue weighted by atomic mass is 32.2. The van der Waals surface area contributed by atoms with Crippen LogP contribution < -0.4 is 10.6 Å². The molecule has 1 heterocycles. The molecule has 0 unspecified atom stereocenters. The monoisotopic (exact) mass is 304 g/mol. The first-order chi connectivity index (χ1) is 10.1. The van der Waals surface area contributed by atoms with Gasteiger partial charge in [0.1, 0.15) is 0 Å². The molecule has 2 N–H and O–H groups in total. The first kappa shape index (κ1) is 15.4. The molecule has 112 valence electrons.